The second kappa shape index (κ2) is 4.63. The SMILES string of the molecule is [B]C([B])([B])n1cc(NC=O)c(OC2CC[C@@]2(C)O)n1. The molecule has 19 heavy (non-hydrogen) atoms. The fourth-order valence-electron chi connectivity index (χ4n) is 1.81. The Kier molecular flexibility index (Phi) is 3.42. The van der Waals surface area contributed by atoms with Crippen LogP contribution in [0.5, 0.6) is 5.88 Å². The molecule has 9 heteroatoms. The number of carbonyl (C=O) groups excluding carboxylic acids is 1. The largest absolute Gasteiger partial charge is 0.469 e. The monoisotopic (exact) mass is 255 g/mol. The van der Waals surface area contributed by atoms with Crippen molar-refractivity contribution < 1.29 is 14.6 Å². The number of amides is 1. The highest BCUT2D eigenvalue weighted by molar-refractivity contribution is 6.56. The van der Waals surface area contributed by atoms with Gasteiger partial charge in [-0.3, -0.25) is 9.48 Å². The predicted octanol–water partition coefficient (Wildman–Crippen LogP) is -1.18. The summed E-state index contributed by atoms with van der Waals surface area (Å²) in [5, 5.41) is 14.6. The van der Waals surface area contributed by atoms with Gasteiger partial charge in [0.15, 0.2) is 0 Å². The van der Waals surface area contributed by atoms with Gasteiger partial charge in [-0.2, -0.15) is 0 Å². The van der Waals surface area contributed by atoms with Crippen molar-refractivity contribution in [1.29, 1.82) is 0 Å². The maximum Gasteiger partial charge on any atom is 0.257 e. The molecule has 1 aromatic rings. The summed E-state index contributed by atoms with van der Waals surface area (Å²) in [6.07, 6.45) is 2.77. The molecule has 1 heterocycles. The lowest BCUT2D eigenvalue weighted by molar-refractivity contribution is -0.119. The van der Waals surface area contributed by atoms with Crippen molar-refractivity contribution in [2.24, 2.45) is 0 Å². The standard InChI is InChI=1S/C10H12B3N3O3/c1-9(18)3-2-7(9)19-8-6(14-5-17)4-16(15-8)10(11,12)13/h4-5,7,18H,2-3H2,1H3,(H,14,17)/t7?,9-/m1/s1. The molecule has 1 amide bonds. The Morgan fingerprint density at radius 1 is 1.68 bits per heavy atom. The number of nitrogens with zero attached hydrogens (tertiary/aromatic N) is 2. The Labute approximate surface area is 115 Å². The van der Waals surface area contributed by atoms with E-state index in [-0.39, 0.29) is 11.6 Å². The zero-order valence-electron chi connectivity index (χ0n) is 10.5. The Hall–Kier alpha value is -1.37. The van der Waals surface area contributed by atoms with E-state index in [4.69, 9.17) is 28.3 Å². The van der Waals surface area contributed by atoms with Crippen LogP contribution in [0.3, 0.4) is 0 Å². The lowest BCUT2D eigenvalue weighted by atomic mass is 9.49. The predicted molar refractivity (Wildman–Crippen MR) is 71.4 cm³/mol. The van der Waals surface area contributed by atoms with Crippen LogP contribution in [-0.4, -0.2) is 56.5 Å². The highest BCUT2D eigenvalue weighted by atomic mass is 16.5. The Morgan fingerprint density at radius 3 is 2.79 bits per heavy atom. The number of nitrogens with one attached hydrogen (secondary N) is 1. The van der Waals surface area contributed by atoms with Crippen molar-refractivity contribution in [3.63, 3.8) is 0 Å². The lowest BCUT2D eigenvalue weighted by Crippen LogP contribution is -2.52. The van der Waals surface area contributed by atoms with Gasteiger partial charge >= 0.3 is 0 Å². The molecule has 0 spiro atoms. The van der Waals surface area contributed by atoms with Crippen LogP contribution in [0, 0.1) is 0 Å². The Morgan fingerprint density at radius 2 is 2.37 bits per heavy atom. The van der Waals surface area contributed by atoms with Crippen molar-refractivity contribution in [2.75, 3.05) is 5.32 Å². The minimum absolute atomic E-state index is 0.114. The van der Waals surface area contributed by atoms with E-state index in [0.717, 1.165) is 4.68 Å². The van der Waals surface area contributed by atoms with E-state index in [1.807, 2.05) is 0 Å². The first-order valence-electron chi connectivity index (χ1n) is 5.80. The van der Waals surface area contributed by atoms with Gasteiger partial charge in [-0.15, -0.1) is 5.10 Å². The van der Waals surface area contributed by atoms with Crippen molar-refractivity contribution in [1.82, 2.24) is 9.78 Å². The van der Waals surface area contributed by atoms with E-state index in [1.165, 1.54) is 6.20 Å². The number of rotatable bonds is 5. The molecule has 0 aliphatic heterocycles. The van der Waals surface area contributed by atoms with Crippen LogP contribution in [0.1, 0.15) is 19.8 Å². The lowest BCUT2D eigenvalue weighted by Gasteiger charge is -2.41. The molecule has 94 valence electrons. The molecule has 6 nitrogen and oxygen atoms in total. The summed E-state index contributed by atoms with van der Waals surface area (Å²) in [6, 6.07) is 0. The third-order valence-electron chi connectivity index (χ3n) is 3.15. The smallest absolute Gasteiger partial charge is 0.257 e. The number of aliphatic hydroxyl groups is 1. The average molecular weight is 255 g/mol. The normalized spacial score (nSPS) is 26.5. The number of ether oxygens (including phenoxy) is 1. The topological polar surface area (TPSA) is 76.4 Å². The number of carbonyl (C=O) groups is 1. The summed E-state index contributed by atoms with van der Waals surface area (Å²) < 4.78 is 6.63. The van der Waals surface area contributed by atoms with Gasteiger partial charge in [-0.1, -0.05) is 0 Å². The van der Waals surface area contributed by atoms with Gasteiger partial charge in [0.2, 0.25) is 6.41 Å². The van der Waals surface area contributed by atoms with Crippen LogP contribution in [0.25, 0.3) is 0 Å². The molecule has 1 unspecified atom stereocenters. The van der Waals surface area contributed by atoms with E-state index in [1.54, 1.807) is 6.92 Å². The average Bonchev–Trinajstić information content (AvgIpc) is 2.68. The Bertz CT molecular complexity index is 484. The highest BCUT2D eigenvalue weighted by Crippen LogP contribution is 2.36. The third-order valence-corrected chi connectivity index (χ3v) is 3.15. The molecular weight excluding hydrogens is 243 g/mol. The zero-order chi connectivity index (χ0) is 14.3. The second-order valence-electron chi connectivity index (χ2n) is 4.94. The van der Waals surface area contributed by atoms with Gasteiger partial charge in [0, 0.05) is 0 Å². The zero-order valence-corrected chi connectivity index (χ0v) is 10.5. The molecular formula is C10H12B3N3O3. The first-order valence-corrected chi connectivity index (χ1v) is 5.80. The molecule has 1 aliphatic rings. The van der Waals surface area contributed by atoms with Gasteiger partial charge < -0.3 is 15.2 Å². The molecule has 2 atom stereocenters. The molecule has 2 N–H and O–H groups in total. The second-order valence-corrected chi connectivity index (χ2v) is 4.94. The van der Waals surface area contributed by atoms with Crippen LogP contribution < -0.4 is 10.1 Å². The summed E-state index contributed by atoms with van der Waals surface area (Å²) in [7, 11) is 16.5. The van der Waals surface area contributed by atoms with E-state index in [0.29, 0.717) is 19.3 Å². The minimum atomic E-state index is -1.71. The molecule has 6 radical (unpaired) electrons. The number of anilines is 1. The van der Waals surface area contributed by atoms with Crippen LogP contribution in [0.4, 0.5) is 5.69 Å². The van der Waals surface area contributed by atoms with Crippen molar-refractivity contribution in [3.8, 4) is 5.88 Å². The van der Waals surface area contributed by atoms with Gasteiger partial charge in [-0.25, -0.2) is 0 Å². The van der Waals surface area contributed by atoms with Crippen LogP contribution >= 0.6 is 0 Å². The van der Waals surface area contributed by atoms with Crippen LogP contribution in [0.15, 0.2) is 6.20 Å². The molecule has 1 saturated carbocycles. The molecule has 2 rings (SSSR count). The summed E-state index contributed by atoms with van der Waals surface area (Å²) in [5.74, 6) is 0.114. The molecule has 1 aliphatic carbocycles. The first-order chi connectivity index (χ1) is 8.74. The molecule has 0 bridgehead atoms. The fourth-order valence-corrected chi connectivity index (χ4v) is 1.81. The quantitative estimate of drug-likeness (QED) is 0.512. The van der Waals surface area contributed by atoms with Gasteiger partial charge in [-0.05, 0) is 25.0 Å². The third kappa shape index (κ3) is 2.81. The van der Waals surface area contributed by atoms with E-state index >= 15 is 0 Å². The number of aromatic nitrogens is 2. The maximum absolute atomic E-state index is 10.5. The molecule has 1 fully saturated rings. The number of hydrogen-bond donors (Lipinski definition) is 2. The van der Waals surface area contributed by atoms with Crippen molar-refractivity contribution >= 4 is 35.6 Å². The Balaban J connectivity index is 2.23. The fraction of sp³-hybridized carbons (Fsp3) is 0.600. The van der Waals surface area contributed by atoms with Crippen molar-refractivity contribution in [3.05, 3.63) is 6.20 Å². The first kappa shape index (κ1) is 14.1. The van der Waals surface area contributed by atoms with Gasteiger partial charge in [0.1, 0.15) is 11.8 Å². The summed E-state index contributed by atoms with van der Waals surface area (Å²) >= 11 is 0. The van der Waals surface area contributed by atoms with Crippen LogP contribution in [0.2, 0.25) is 0 Å². The van der Waals surface area contributed by atoms with Crippen LogP contribution in [-0.2, 0) is 10.0 Å². The molecule has 0 aromatic carbocycles. The van der Waals surface area contributed by atoms with E-state index < -0.39 is 16.9 Å². The highest BCUT2D eigenvalue weighted by Gasteiger charge is 2.43. The summed E-state index contributed by atoms with van der Waals surface area (Å²) in [6.45, 7) is 1.67. The van der Waals surface area contributed by atoms with Crippen molar-refractivity contribution in [2.45, 2.75) is 36.7 Å². The van der Waals surface area contributed by atoms with Gasteiger partial charge in [0.05, 0.1) is 35.3 Å². The minimum Gasteiger partial charge on any atom is -0.469 e. The van der Waals surface area contributed by atoms with Gasteiger partial charge in [0.25, 0.3) is 5.88 Å². The van der Waals surface area contributed by atoms with E-state index in [9.17, 15) is 9.90 Å². The summed E-state index contributed by atoms with van der Waals surface area (Å²) in [5.41, 5.74) is -0.628. The van der Waals surface area contributed by atoms with E-state index in [2.05, 4.69) is 10.4 Å². The maximum atomic E-state index is 10.5. The molecule has 1 aromatic heterocycles. The molecule has 0 saturated heterocycles. The summed E-state index contributed by atoms with van der Waals surface area (Å²) in [4.78, 5) is 10.5. The number of hydrogen-bond acceptors (Lipinski definition) is 4.